The Bertz CT molecular complexity index is 1010. The largest absolute Gasteiger partial charge is 0.467 e. The van der Waals surface area contributed by atoms with E-state index in [0.717, 1.165) is 44.9 Å². The van der Waals surface area contributed by atoms with E-state index in [9.17, 15) is 24.3 Å². The van der Waals surface area contributed by atoms with Crippen LogP contribution in [0.5, 0.6) is 0 Å². The van der Waals surface area contributed by atoms with Gasteiger partial charge in [-0.25, -0.2) is 4.79 Å². The highest BCUT2D eigenvalue weighted by molar-refractivity contribution is 5.91. The average molecular weight is 516 g/mol. The number of carbonyl (C=O) groups is 4. The lowest BCUT2D eigenvalue weighted by molar-refractivity contribution is -0.161. The summed E-state index contributed by atoms with van der Waals surface area (Å²) in [5.41, 5.74) is 1.43. The van der Waals surface area contributed by atoms with Crippen molar-refractivity contribution in [2.45, 2.75) is 103 Å². The van der Waals surface area contributed by atoms with E-state index in [1.807, 2.05) is 6.08 Å². The van der Waals surface area contributed by atoms with E-state index in [4.69, 9.17) is 9.47 Å². The highest BCUT2D eigenvalue weighted by atomic mass is 16.5. The van der Waals surface area contributed by atoms with Crippen molar-refractivity contribution in [2.75, 3.05) is 13.7 Å². The van der Waals surface area contributed by atoms with Crippen LogP contribution in [-0.4, -0.2) is 65.5 Å². The molecule has 0 aromatic rings. The fraction of sp³-hybridized carbons (Fsp3) is 0.793. The lowest BCUT2D eigenvalue weighted by Crippen LogP contribution is -2.51. The Morgan fingerprint density at radius 1 is 1.05 bits per heavy atom. The molecule has 4 fully saturated rings. The SMILES string of the molecule is COC(=O)[C@@H]1C[C@H](O)CN1C(=O)CCC(=O)O[C@@H]1CC[C@@H]2[C@H]3CCC4=CC(=O)CC[C@]4(C)[C@H]3CC[C@@]21C. The Morgan fingerprint density at radius 3 is 2.59 bits per heavy atom. The first kappa shape index (κ1) is 26.4. The smallest absolute Gasteiger partial charge is 0.328 e. The van der Waals surface area contributed by atoms with Crippen LogP contribution in [0.2, 0.25) is 0 Å². The Morgan fingerprint density at radius 2 is 1.84 bits per heavy atom. The molecule has 1 N–H and O–H groups in total. The lowest BCUT2D eigenvalue weighted by Gasteiger charge is -2.57. The van der Waals surface area contributed by atoms with Crippen LogP contribution in [0.1, 0.15) is 84.5 Å². The van der Waals surface area contributed by atoms with E-state index >= 15 is 0 Å². The molecule has 1 aliphatic heterocycles. The molecular formula is C29H41NO7. The molecule has 0 bridgehead atoms. The third-order valence-electron chi connectivity index (χ3n) is 10.8. The van der Waals surface area contributed by atoms with Crippen molar-refractivity contribution >= 4 is 23.6 Å². The van der Waals surface area contributed by atoms with E-state index in [1.165, 1.54) is 17.6 Å². The molecule has 0 unspecified atom stereocenters. The van der Waals surface area contributed by atoms with Gasteiger partial charge in [0.15, 0.2) is 5.78 Å². The predicted molar refractivity (Wildman–Crippen MR) is 134 cm³/mol. The van der Waals surface area contributed by atoms with E-state index in [1.54, 1.807) is 0 Å². The van der Waals surface area contributed by atoms with Gasteiger partial charge in [0.25, 0.3) is 0 Å². The molecule has 8 nitrogen and oxygen atoms in total. The Balaban J connectivity index is 1.19. The number of hydrogen-bond donors (Lipinski definition) is 1. The number of hydrogen-bond acceptors (Lipinski definition) is 7. The molecule has 0 aromatic heterocycles. The second kappa shape index (κ2) is 9.83. The van der Waals surface area contributed by atoms with Crippen LogP contribution in [0.4, 0.5) is 0 Å². The number of β-amino-alcohol motifs (C(OH)–C–C–N with tert-alkyl or cyclic N) is 1. The molecule has 0 aromatic carbocycles. The number of rotatable bonds is 5. The quantitative estimate of drug-likeness (QED) is 0.559. The Kier molecular flexibility index (Phi) is 7.01. The van der Waals surface area contributed by atoms with Gasteiger partial charge in [0.1, 0.15) is 12.1 Å². The predicted octanol–water partition coefficient (Wildman–Crippen LogP) is 3.35. The lowest BCUT2D eigenvalue weighted by atomic mass is 9.47. The third kappa shape index (κ3) is 4.53. The summed E-state index contributed by atoms with van der Waals surface area (Å²) in [4.78, 5) is 51.0. The standard InChI is InChI=1S/C29H41NO7/c1-28-12-10-18(31)14-17(28)4-5-20-21-6-7-24(29(21,2)13-11-22(20)28)37-26(34)9-8-25(33)30-16-19(32)15-23(30)27(35)36-3/h14,19-24,32H,4-13,15-16H2,1-3H3/t19-,20+,21+,22-,23-,24+,28-,29-/m0/s1. The summed E-state index contributed by atoms with van der Waals surface area (Å²) in [6.45, 7) is 4.73. The Hall–Kier alpha value is -2.22. The number of esters is 2. The minimum absolute atomic E-state index is 0.0388. The number of ether oxygens (including phenoxy) is 2. The molecule has 0 spiro atoms. The zero-order valence-corrected chi connectivity index (χ0v) is 22.4. The summed E-state index contributed by atoms with van der Waals surface area (Å²) in [6, 6.07) is -0.803. The summed E-state index contributed by atoms with van der Waals surface area (Å²) in [5.74, 6) is 0.703. The number of aliphatic hydroxyl groups excluding tert-OH is 1. The first-order valence-electron chi connectivity index (χ1n) is 14.1. The summed E-state index contributed by atoms with van der Waals surface area (Å²) >= 11 is 0. The van der Waals surface area contributed by atoms with Gasteiger partial charge in [-0.3, -0.25) is 14.4 Å². The van der Waals surface area contributed by atoms with Crippen molar-refractivity contribution in [2.24, 2.45) is 28.6 Å². The highest BCUT2D eigenvalue weighted by Crippen LogP contribution is 2.65. The maximum atomic E-state index is 12.8. The van der Waals surface area contributed by atoms with E-state index in [2.05, 4.69) is 13.8 Å². The molecule has 4 aliphatic carbocycles. The van der Waals surface area contributed by atoms with Crippen LogP contribution < -0.4 is 0 Å². The van der Waals surface area contributed by atoms with Gasteiger partial charge in [0.2, 0.25) is 5.91 Å². The second-order valence-electron chi connectivity index (χ2n) is 12.5. The van der Waals surface area contributed by atoms with E-state index < -0.39 is 18.1 Å². The zero-order chi connectivity index (χ0) is 26.5. The monoisotopic (exact) mass is 515 g/mol. The van der Waals surface area contributed by atoms with Crippen LogP contribution in [0, 0.1) is 28.6 Å². The first-order chi connectivity index (χ1) is 17.6. The van der Waals surface area contributed by atoms with Crippen LogP contribution in [0.25, 0.3) is 0 Å². The van der Waals surface area contributed by atoms with Crippen molar-refractivity contribution in [3.8, 4) is 0 Å². The van der Waals surface area contributed by atoms with Gasteiger partial charge in [0, 0.05) is 31.2 Å². The van der Waals surface area contributed by atoms with Gasteiger partial charge in [-0.15, -0.1) is 0 Å². The molecule has 0 radical (unpaired) electrons. The number of methoxy groups -OCH3 is 1. The molecule has 3 saturated carbocycles. The van der Waals surface area contributed by atoms with Crippen molar-refractivity contribution in [1.29, 1.82) is 0 Å². The molecular weight excluding hydrogens is 474 g/mol. The van der Waals surface area contributed by atoms with E-state index in [0.29, 0.717) is 24.2 Å². The van der Waals surface area contributed by atoms with Gasteiger partial charge in [-0.05, 0) is 74.2 Å². The molecule has 8 heteroatoms. The second-order valence-corrected chi connectivity index (χ2v) is 12.5. The van der Waals surface area contributed by atoms with Crippen LogP contribution >= 0.6 is 0 Å². The number of fused-ring (bicyclic) bond motifs is 5. The van der Waals surface area contributed by atoms with Crippen LogP contribution in [0.3, 0.4) is 0 Å². The number of nitrogens with zero attached hydrogens (tertiary/aromatic N) is 1. The van der Waals surface area contributed by atoms with Crippen LogP contribution in [-0.2, 0) is 28.7 Å². The minimum atomic E-state index is -0.803. The molecule has 204 valence electrons. The third-order valence-corrected chi connectivity index (χ3v) is 10.8. The van der Waals surface area contributed by atoms with Gasteiger partial charge in [-0.1, -0.05) is 19.4 Å². The van der Waals surface area contributed by atoms with Crippen molar-refractivity contribution < 1.29 is 33.8 Å². The maximum Gasteiger partial charge on any atom is 0.328 e. The maximum absolute atomic E-state index is 12.8. The molecule has 1 saturated heterocycles. The van der Waals surface area contributed by atoms with Gasteiger partial charge >= 0.3 is 11.9 Å². The number of aliphatic hydroxyl groups is 1. The Labute approximate surface area is 219 Å². The number of allylic oxidation sites excluding steroid dienone is 1. The number of ketones is 1. The van der Waals surface area contributed by atoms with Crippen LogP contribution in [0.15, 0.2) is 11.6 Å². The number of likely N-dealkylation sites (tertiary alicyclic amines) is 1. The topological polar surface area (TPSA) is 110 Å². The number of carbonyl (C=O) groups excluding carboxylic acids is 4. The van der Waals surface area contributed by atoms with Crippen molar-refractivity contribution in [1.82, 2.24) is 4.90 Å². The normalized spacial score (nSPS) is 40.8. The molecule has 5 rings (SSSR count). The summed E-state index contributed by atoms with van der Waals surface area (Å²) in [5, 5.41) is 9.93. The summed E-state index contributed by atoms with van der Waals surface area (Å²) in [7, 11) is 1.26. The van der Waals surface area contributed by atoms with Gasteiger partial charge < -0.3 is 19.5 Å². The molecule has 37 heavy (non-hydrogen) atoms. The molecule has 1 amide bonds. The van der Waals surface area contributed by atoms with E-state index in [-0.39, 0.29) is 60.4 Å². The molecule has 5 aliphatic rings. The van der Waals surface area contributed by atoms with Gasteiger partial charge in [-0.2, -0.15) is 0 Å². The summed E-state index contributed by atoms with van der Waals surface area (Å²) in [6.07, 6.45) is 8.81. The highest BCUT2D eigenvalue weighted by Gasteiger charge is 2.60. The fourth-order valence-corrected chi connectivity index (χ4v) is 8.72. The summed E-state index contributed by atoms with van der Waals surface area (Å²) < 4.78 is 10.8. The van der Waals surface area contributed by atoms with Crippen molar-refractivity contribution in [3.63, 3.8) is 0 Å². The fourth-order valence-electron chi connectivity index (χ4n) is 8.72. The van der Waals surface area contributed by atoms with Gasteiger partial charge in [0.05, 0.1) is 19.6 Å². The zero-order valence-electron chi connectivity index (χ0n) is 22.4. The van der Waals surface area contributed by atoms with Crippen molar-refractivity contribution in [3.05, 3.63) is 11.6 Å². The number of amides is 1. The molecule has 1 heterocycles. The average Bonchev–Trinajstić information content (AvgIpc) is 3.42. The minimum Gasteiger partial charge on any atom is -0.467 e. The first-order valence-corrected chi connectivity index (χ1v) is 14.1. The molecule has 8 atom stereocenters.